The molecule has 3 heteroatoms. The van der Waals surface area contributed by atoms with Crippen LogP contribution in [0.4, 0.5) is 0 Å². The minimum Gasteiger partial charge on any atom is -0.297 e. The van der Waals surface area contributed by atoms with Gasteiger partial charge < -0.3 is 0 Å². The highest BCUT2D eigenvalue weighted by molar-refractivity contribution is 5.05. The number of rotatable bonds is 3. The van der Waals surface area contributed by atoms with Gasteiger partial charge in [0.2, 0.25) is 0 Å². The molecule has 0 saturated carbocycles. The molecule has 0 amide bonds. The average Bonchev–Trinajstić information content (AvgIpc) is 2.31. The second-order valence-corrected chi connectivity index (χ2v) is 4.92. The van der Waals surface area contributed by atoms with E-state index in [0.29, 0.717) is 5.92 Å². The Kier molecular flexibility index (Phi) is 3.88. The summed E-state index contributed by atoms with van der Waals surface area (Å²) in [5, 5.41) is 0. The number of likely N-dealkylation sites (tertiary alicyclic amines) is 1. The molecule has 1 aliphatic heterocycles. The minimum atomic E-state index is 0.469. The fourth-order valence-corrected chi connectivity index (χ4v) is 2.09. The smallest absolute Gasteiger partial charge is 0.0727 e. The molecule has 0 spiro atoms. The Morgan fingerprint density at radius 3 is 2.44 bits per heavy atom. The van der Waals surface area contributed by atoms with Crippen LogP contribution in [-0.4, -0.2) is 28.0 Å². The monoisotopic (exact) mass is 219 g/mol. The maximum atomic E-state index is 4.49. The van der Waals surface area contributed by atoms with E-state index in [0.717, 1.165) is 17.9 Å². The number of nitrogens with zero attached hydrogens (tertiary/aromatic N) is 3. The van der Waals surface area contributed by atoms with Gasteiger partial charge in [-0.05, 0) is 31.8 Å². The normalized spacial score (nSPS) is 17.9. The van der Waals surface area contributed by atoms with Gasteiger partial charge in [-0.2, -0.15) is 0 Å². The molecule has 2 heterocycles. The summed E-state index contributed by atoms with van der Waals surface area (Å²) in [6.45, 7) is 7.69. The molecule has 1 aromatic heterocycles. The minimum absolute atomic E-state index is 0.469. The molecule has 0 unspecified atom stereocenters. The van der Waals surface area contributed by atoms with Crippen molar-refractivity contribution < 1.29 is 0 Å². The van der Waals surface area contributed by atoms with Gasteiger partial charge in [-0.15, -0.1) is 0 Å². The molecule has 0 N–H and O–H groups in total. The van der Waals surface area contributed by atoms with E-state index in [2.05, 4.69) is 28.7 Å². The number of piperidine rings is 1. The van der Waals surface area contributed by atoms with Gasteiger partial charge in [0.05, 0.1) is 17.6 Å². The summed E-state index contributed by atoms with van der Waals surface area (Å²) in [5.41, 5.74) is 2.19. The van der Waals surface area contributed by atoms with E-state index in [1.165, 1.54) is 32.4 Å². The Hall–Kier alpha value is -0.960. The van der Waals surface area contributed by atoms with Gasteiger partial charge in [-0.3, -0.25) is 14.9 Å². The zero-order valence-corrected chi connectivity index (χ0v) is 10.3. The summed E-state index contributed by atoms with van der Waals surface area (Å²) < 4.78 is 0. The molecule has 0 aliphatic carbocycles. The molecule has 1 aromatic rings. The van der Waals surface area contributed by atoms with E-state index in [1.54, 1.807) is 0 Å². The van der Waals surface area contributed by atoms with Crippen molar-refractivity contribution >= 4 is 0 Å². The van der Waals surface area contributed by atoms with Crippen molar-refractivity contribution in [3.63, 3.8) is 0 Å². The second kappa shape index (κ2) is 5.39. The first kappa shape index (κ1) is 11.5. The largest absolute Gasteiger partial charge is 0.297 e. The molecule has 0 aromatic carbocycles. The highest BCUT2D eigenvalue weighted by Crippen LogP contribution is 2.13. The van der Waals surface area contributed by atoms with Gasteiger partial charge in [-0.25, -0.2) is 0 Å². The Balaban J connectivity index is 1.93. The number of aromatic nitrogens is 2. The lowest BCUT2D eigenvalue weighted by Gasteiger charge is -2.25. The molecular formula is C13H21N3. The highest BCUT2D eigenvalue weighted by atomic mass is 15.1. The third-order valence-electron chi connectivity index (χ3n) is 3.15. The molecule has 2 rings (SSSR count). The van der Waals surface area contributed by atoms with Crippen LogP contribution >= 0.6 is 0 Å². The first-order valence-corrected chi connectivity index (χ1v) is 6.29. The first-order valence-electron chi connectivity index (χ1n) is 6.29. The summed E-state index contributed by atoms with van der Waals surface area (Å²) in [6.07, 6.45) is 7.90. The summed E-state index contributed by atoms with van der Waals surface area (Å²) >= 11 is 0. The van der Waals surface area contributed by atoms with Crippen LogP contribution in [-0.2, 0) is 6.54 Å². The van der Waals surface area contributed by atoms with Crippen LogP contribution in [0.2, 0.25) is 0 Å². The topological polar surface area (TPSA) is 29.0 Å². The fraction of sp³-hybridized carbons (Fsp3) is 0.692. The van der Waals surface area contributed by atoms with Gasteiger partial charge in [-0.1, -0.05) is 20.3 Å². The van der Waals surface area contributed by atoms with Crippen molar-refractivity contribution in [2.24, 2.45) is 0 Å². The molecule has 0 atom stereocenters. The second-order valence-electron chi connectivity index (χ2n) is 4.92. The third kappa shape index (κ3) is 3.01. The predicted molar refractivity (Wildman–Crippen MR) is 65.2 cm³/mol. The molecule has 88 valence electrons. The van der Waals surface area contributed by atoms with Gasteiger partial charge in [0, 0.05) is 12.7 Å². The Morgan fingerprint density at radius 1 is 1.12 bits per heavy atom. The Morgan fingerprint density at radius 2 is 1.88 bits per heavy atom. The summed E-state index contributed by atoms with van der Waals surface area (Å²) in [5.74, 6) is 0.469. The van der Waals surface area contributed by atoms with Crippen molar-refractivity contribution in [1.29, 1.82) is 0 Å². The standard InChI is InChI=1S/C13H21N3/c1-11(2)13-9-14-12(8-15-13)10-16-6-4-3-5-7-16/h8-9,11H,3-7,10H2,1-2H3. The molecule has 16 heavy (non-hydrogen) atoms. The highest BCUT2D eigenvalue weighted by Gasteiger charge is 2.11. The number of hydrogen-bond donors (Lipinski definition) is 0. The summed E-state index contributed by atoms with van der Waals surface area (Å²) in [4.78, 5) is 11.4. The molecule has 0 radical (unpaired) electrons. The Bertz CT molecular complexity index is 312. The van der Waals surface area contributed by atoms with Crippen LogP contribution in [0.15, 0.2) is 12.4 Å². The summed E-state index contributed by atoms with van der Waals surface area (Å²) in [7, 11) is 0. The average molecular weight is 219 g/mol. The van der Waals surface area contributed by atoms with Crippen LogP contribution in [0, 0.1) is 0 Å². The van der Waals surface area contributed by atoms with Crippen LogP contribution in [0.1, 0.15) is 50.4 Å². The predicted octanol–water partition coefficient (Wildman–Crippen LogP) is 2.59. The lowest BCUT2D eigenvalue weighted by atomic mass is 10.1. The molecular weight excluding hydrogens is 198 g/mol. The van der Waals surface area contributed by atoms with Crippen LogP contribution in [0.5, 0.6) is 0 Å². The van der Waals surface area contributed by atoms with E-state index in [-0.39, 0.29) is 0 Å². The molecule has 1 fully saturated rings. The van der Waals surface area contributed by atoms with Crippen molar-refractivity contribution in [3.8, 4) is 0 Å². The van der Waals surface area contributed by atoms with E-state index in [9.17, 15) is 0 Å². The van der Waals surface area contributed by atoms with Crippen LogP contribution in [0.3, 0.4) is 0 Å². The van der Waals surface area contributed by atoms with Crippen molar-refractivity contribution in [2.45, 2.75) is 45.6 Å². The quantitative estimate of drug-likeness (QED) is 0.782. The van der Waals surface area contributed by atoms with Gasteiger partial charge in [0.1, 0.15) is 0 Å². The van der Waals surface area contributed by atoms with Gasteiger partial charge in [0.15, 0.2) is 0 Å². The lowest BCUT2D eigenvalue weighted by molar-refractivity contribution is 0.218. The molecule has 0 bridgehead atoms. The molecule has 1 saturated heterocycles. The van der Waals surface area contributed by atoms with Crippen molar-refractivity contribution in [2.75, 3.05) is 13.1 Å². The summed E-state index contributed by atoms with van der Waals surface area (Å²) in [6, 6.07) is 0. The van der Waals surface area contributed by atoms with Crippen LogP contribution in [0.25, 0.3) is 0 Å². The maximum absolute atomic E-state index is 4.49. The zero-order valence-electron chi connectivity index (χ0n) is 10.3. The van der Waals surface area contributed by atoms with Crippen molar-refractivity contribution in [1.82, 2.24) is 14.9 Å². The SMILES string of the molecule is CC(C)c1cnc(CN2CCCCC2)cn1. The molecule has 1 aliphatic rings. The fourth-order valence-electron chi connectivity index (χ4n) is 2.09. The van der Waals surface area contributed by atoms with E-state index in [4.69, 9.17) is 0 Å². The Labute approximate surface area is 97.9 Å². The van der Waals surface area contributed by atoms with Gasteiger partial charge in [0.25, 0.3) is 0 Å². The number of hydrogen-bond acceptors (Lipinski definition) is 3. The van der Waals surface area contributed by atoms with E-state index < -0.39 is 0 Å². The van der Waals surface area contributed by atoms with Crippen LogP contribution < -0.4 is 0 Å². The third-order valence-corrected chi connectivity index (χ3v) is 3.15. The maximum Gasteiger partial charge on any atom is 0.0727 e. The van der Waals surface area contributed by atoms with Gasteiger partial charge >= 0.3 is 0 Å². The van der Waals surface area contributed by atoms with E-state index >= 15 is 0 Å². The van der Waals surface area contributed by atoms with E-state index in [1.807, 2.05) is 12.4 Å². The zero-order chi connectivity index (χ0) is 11.4. The van der Waals surface area contributed by atoms with Crippen molar-refractivity contribution in [3.05, 3.63) is 23.8 Å². The molecule has 3 nitrogen and oxygen atoms in total. The lowest BCUT2D eigenvalue weighted by Crippen LogP contribution is -2.29. The first-order chi connectivity index (χ1) is 7.75.